The van der Waals surface area contributed by atoms with Crippen molar-refractivity contribution in [3.63, 3.8) is 0 Å². The number of hydrogen-bond acceptors (Lipinski definition) is 5. The largest absolute Gasteiger partial charge is 0.405 e. The highest BCUT2D eigenvalue weighted by Crippen LogP contribution is 2.28. The smallest absolute Gasteiger partial charge is 0.248 e. The molecule has 6 heteroatoms. The maximum Gasteiger partial charge on any atom is 0.248 e. The van der Waals surface area contributed by atoms with E-state index in [2.05, 4.69) is 30.4 Å². The number of carbonyl (C=O) groups is 1. The van der Waals surface area contributed by atoms with Crippen molar-refractivity contribution in [3.8, 4) is 0 Å². The molecule has 1 aliphatic heterocycles. The lowest BCUT2D eigenvalue weighted by Crippen LogP contribution is -2.10. The van der Waals surface area contributed by atoms with Crippen LogP contribution in [0.15, 0.2) is 66.5 Å². The number of nitrogens with two attached hydrogens (primary N) is 3. The topological polar surface area (TPSA) is 107 Å². The molecule has 0 fully saturated rings. The fourth-order valence-electron chi connectivity index (χ4n) is 2.24. The van der Waals surface area contributed by atoms with E-state index in [1.807, 2.05) is 12.3 Å². The minimum Gasteiger partial charge on any atom is -0.405 e. The molecule has 3 rings (SSSR count). The fourth-order valence-corrected chi connectivity index (χ4v) is 3.17. The molecule has 0 atom stereocenters. The van der Waals surface area contributed by atoms with Crippen molar-refractivity contribution in [2.24, 2.45) is 11.5 Å². The third-order valence-electron chi connectivity index (χ3n) is 3.50. The fraction of sp³-hybridized carbons (Fsp3) is 0.105. The van der Waals surface area contributed by atoms with Crippen LogP contribution < -0.4 is 22.5 Å². The van der Waals surface area contributed by atoms with Gasteiger partial charge in [-0.1, -0.05) is 0 Å². The molecule has 0 saturated heterocycles. The third-order valence-corrected chi connectivity index (χ3v) is 4.54. The summed E-state index contributed by atoms with van der Waals surface area (Å²) in [7, 11) is 0. The second kappa shape index (κ2) is 8.75. The summed E-state index contributed by atoms with van der Waals surface area (Å²) in [5.41, 5.74) is 19.5. The first-order chi connectivity index (χ1) is 12.0. The van der Waals surface area contributed by atoms with Crippen molar-refractivity contribution in [1.29, 1.82) is 0 Å². The Morgan fingerprint density at radius 2 is 1.92 bits per heavy atom. The van der Waals surface area contributed by atoms with Gasteiger partial charge in [-0.2, -0.15) is 0 Å². The minimum atomic E-state index is -0.431. The van der Waals surface area contributed by atoms with Gasteiger partial charge < -0.3 is 22.5 Å². The molecule has 5 nitrogen and oxygen atoms in total. The summed E-state index contributed by atoms with van der Waals surface area (Å²) in [6, 6.07) is 10.8. The van der Waals surface area contributed by atoms with Crippen LogP contribution in [0.2, 0.25) is 0 Å². The lowest BCUT2D eigenvalue weighted by Gasteiger charge is -2.02. The molecule has 0 radical (unpaired) electrons. The second-order valence-electron chi connectivity index (χ2n) is 5.41. The highest BCUT2D eigenvalue weighted by molar-refractivity contribution is 7.13. The third kappa shape index (κ3) is 5.26. The number of benzene rings is 1. The summed E-state index contributed by atoms with van der Waals surface area (Å²) in [4.78, 5) is 13.1. The summed E-state index contributed by atoms with van der Waals surface area (Å²) < 4.78 is 0. The van der Waals surface area contributed by atoms with Gasteiger partial charge in [0.05, 0.1) is 0 Å². The molecule has 2 aromatic rings. The first kappa shape index (κ1) is 18.4. The van der Waals surface area contributed by atoms with Crippen LogP contribution in [0.4, 0.5) is 5.69 Å². The van der Waals surface area contributed by atoms with Gasteiger partial charge >= 0.3 is 0 Å². The SMILES string of the molecule is Cc1ccc(C(/C=C\N)=C2\C=CNC2)s1.NC(=O)c1ccc(N)cc1. The number of primary amides is 1. The van der Waals surface area contributed by atoms with Crippen LogP contribution >= 0.6 is 11.3 Å². The molecule has 1 aliphatic rings. The van der Waals surface area contributed by atoms with Gasteiger partial charge in [0.1, 0.15) is 0 Å². The summed E-state index contributed by atoms with van der Waals surface area (Å²) in [5.74, 6) is -0.431. The number of amides is 1. The number of aryl methyl sites for hydroxylation is 1. The molecule has 0 bridgehead atoms. The van der Waals surface area contributed by atoms with Crippen LogP contribution in [0.25, 0.3) is 5.57 Å². The van der Waals surface area contributed by atoms with E-state index in [1.54, 1.807) is 41.8 Å². The highest BCUT2D eigenvalue weighted by Gasteiger charge is 2.08. The number of allylic oxidation sites excluding steroid dienone is 2. The molecule has 1 aromatic carbocycles. The van der Waals surface area contributed by atoms with E-state index in [9.17, 15) is 4.79 Å². The minimum absolute atomic E-state index is 0.431. The number of hydrogen-bond donors (Lipinski definition) is 4. The molecule has 130 valence electrons. The van der Waals surface area contributed by atoms with E-state index in [1.165, 1.54) is 20.9 Å². The van der Waals surface area contributed by atoms with E-state index >= 15 is 0 Å². The number of nitrogen functional groups attached to an aromatic ring is 1. The predicted molar refractivity (Wildman–Crippen MR) is 106 cm³/mol. The van der Waals surface area contributed by atoms with Gasteiger partial charge in [0.15, 0.2) is 0 Å². The number of anilines is 1. The Hall–Kier alpha value is -2.99. The van der Waals surface area contributed by atoms with Crippen LogP contribution in [0.1, 0.15) is 20.1 Å². The van der Waals surface area contributed by atoms with Gasteiger partial charge in [0.25, 0.3) is 0 Å². The lowest BCUT2D eigenvalue weighted by atomic mass is 10.1. The molecular formula is C19H22N4OS. The molecule has 7 N–H and O–H groups in total. The number of nitrogens with one attached hydrogen (secondary N) is 1. The lowest BCUT2D eigenvalue weighted by molar-refractivity contribution is 0.100. The number of rotatable bonds is 3. The summed E-state index contributed by atoms with van der Waals surface area (Å²) >= 11 is 1.80. The normalized spacial score (nSPS) is 14.8. The van der Waals surface area contributed by atoms with E-state index in [0.717, 1.165) is 6.54 Å². The average molecular weight is 354 g/mol. The van der Waals surface area contributed by atoms with Crippen LogP contribution in [-0.4, -0.2) is 12.5 Å². The van der Waals surface area contributed by atoms with Crippen LogP contribution in [0.5, 0.6) is 0 Å². The monoisotopic (exact) mass is 354 g/mol. The van der Waals surface area contributed by atoms with E-state index in [0.29, 0.717) is 11.3 Å². The average Bonchev–Trinajstić information content (AvgIpc) is 3.25. The van der Waals surface area contributed by atoms with Crippen molar-refractivity contribution < 1.29 is 4.79 Å². The van der Waals surface area contributed by atoms with Gasteiger partial charge in [-0.25, -0.2) is 0 Å². The molecule has 0 unspecified atom stereocenters. The molecule has 1 aromatic heterocycles. The Morgan fingerprint density at radius 3 is 2.40 bits per heavy atom. The Balaban J connectivity index is 0.000000196. The van der Waals surface area contributed by atoms with Gasteiger partial charge in [-0.3, -0.25) is 4.79 Å². The van der Waals surface area contributed by atoms with E-state index < -0.39 is 5.91 Å². The zero-order valence-corrected chi connectivity index (χ0v) is 14.8. The van der Waals surface area contributed by atoms with Crippen molar-refractivity contribution >= 4 is 28.5 Å². The quantitative estimate of drug-likeness (QED) is 0.636. The maximum absolute atomic E-state index is 10.5. The van der Waals surface area contributed by atoms with E-state index in [4.69, 9.17) is 17.2 Å². The summed E-state index contributed by atoms with van der Waals surface area (Å²) in [6.07, 6.45) is 7.64. The van der Waals surface area contributed by atoms with Crippen molar-refractivity contribution in [3.05, 3.63) is 81.8 Å². The molecule has 2 heterocycles. The molecule has 0 spiro atoms. The van der Waals surface area contributed by atoms with Crippen molar-refractivity contribution in [1.82, 2.24) is 5.32 Å². The predicted octanol–water partition coefficient (Wildman–Crippen LogP) is 2.77. The van der Waals surface area contributed by atoms with Crippen LogP contribution in [-0.2, 0) is 0 Å². The first-order valence-electron chi connectivity index (χ1n) is 7.74. The summed E-state index contributed by atoms with van der Waals surface area (Å²) in [5, 5.41) is 3.18. The summed E-state index contributed by atoms with van der Waals surface area (Å²) in [6.45, 7) is 3.00. The van der Waals surface area contributed by atoms with Gasteiger partial charge in [0, 0.05) is 27.5 Å². The Morgan fingerprint density at radius 1 is 1.20 bits per heavy atom. The van der Waals surface area contributed by atoms with Crippen molar-refractivity contribution in [2.75, 3.05) is 12.3 Å². The highest BCUT2D eigenvalue weighted by atomic mass is 32.1. The van der Waals surface area contributed by atoms with Gasteiger partial charge in [-0.15, -0.1) is 11.3 Å². The number of carbonyl (C=O) groups excluding carboxylic acids is 1. The molecule has 0 aliphatic carbocycles. The van der Waals surface area contributed by atoms with E-state index in [-0.39, 0.29) is 0 Å². The zero-order chi connectivity index (χ0) is 18.2. The first-order valence-corrected chi connectivity index (χ1v) is 8.56. The van der Waals surface area contributed by atoms with Gasteiger partial charge in [-0.05, 0) is 79.0 Å². The standard InChI is InChI=1S/C12H14N2S.C7H8N2O/c1-9-2-3-12(15-9)11(4-6-13)10-5-7-14-8-10;8-6-3-1-5(2-4-6)7(9)10/h2-7,14H,8,13H2,1H3;1-4H,8H2,(H2,9,10)/b6-4-,11-10+;. The van der Waals surface area contributed by atoms with Crippen LogP contribution in [0, 0.1) is 6.92 Å². The zero-order valence-electron chi connectivity index (χ0n) is 14.0. The number of thiophene rings is 1. The molecule has 0 saturated carbocycles. The maximum atomic E-state index is 10.5. The molecule has 25 heavy (non-hydrogen) atoms. The Kier molecular flexibility index (Phi) is 6.42. The van der Waals surface area contributed by atoms with Crippen LogP contribution in [0.3, 0.4) is 0 Å². The molecular weight excluding hydrogens is 332 g/mol. The Labute approximate surface area is 151 Å². The Bertz CT molecular complexity index is 816. The molecule has 1 amide bonds. The second-order valence-corrected chi connectivity index (χ2v) is 6.70. The van der Waals surface area contributed by atoms with Gasteiger partial charge in [0.2, 0.25) is 5.91 Å². The van der Waals surface area contributed by atoms with Crippen molar-refractivity contribution in [2.45, 2.75) is 6.92 Å².